The number of piperazine rings is 1. The van der Waals surface area contributed by atoms with Gasteiger partial charge in [-0.25, -0.2) is 0 Å². The first-order chi connectivity index (χ1) is 18.8. The Kier molecular flexibility index (Phi) is 11.9. The molecule has 42 heavy (non-hydrogen) atoms. The van der Waals surface area contributed by atoms with E-state index in [0.717, 1.165) is 5.56 Å². The third-order valence-corrected chi connectivity index (χ3v) is 6.77. The molecule has 4 rings (SSSR count). The summed E-state index contributed by atoms with van der Waals surface area (Å²) in [6.07, 6.45) is -2.71. The highest BCUT2D eigenvalue weighted by Crippen LogP contribution is 2.37. The molecule has 1 unspecified atom stereocenters. The van der Waals surface area contributed by atoms with Crippen molar-refractivity contribution in [2.75, 3.05) is 26.2 Å². The number of phenolic OH excluding ortho intramolecular Hbond substituents is 1. The molecular formula is C29H29Cl2F6N3O2. The Balaban J connectivity index is 0.00000308. The van der Waals surface area contributed by atoms with Crippen LogP contribution in [0.25, 0.3) is 6.08 Å². The Morgan fingerprint density at radius 3 is 2.24 bits per heavy atom. The van der Waals surface area contributed by atoms with Crippen LogP contribution in [0.15, 0.2) is 67.0 Å². The summed E-state index contributed by atoms with van der Waals surface area (Å²) in [5.74, 6) is -0.862. The number of aromatic hydroxyl groups is 1. The molecule has 1 atom stereocenters. The topological polar surface area (TPSA) is 56.7 Å². The van der Waals surface area contributed by atoms with Crippen molar-refractivity contribution < 1.29 is 36.2 Å². The highest BCUT2D eigenvalue weighted by Gasteiger charge is 2.39. The lowest BCUT2D eigenvalue weighted by molar-refractivity contribution is -0.143. The van der Waals surface area contributed by atoms with E-state index in [9.17, 15) is 36.2 Å². The minimum Gasteiger partial charge on any atom is -0.508 e. The van der Waals surface area contributed by atoms with Gasteiger partial charge in [-0.15, -0.1) is 24.8 Å². The number of carbonyl (C=O) groups is 1. The van der Waals surface area contributed by atoms with Gasteiger partial charge >= 0.3 is 12.4 Å². The van der Waals surface area contributed by atoms with Crippen molar-refractivity contribution in [1.29, 1.82) is 0 Å². The van der Waals surface area contributed by atoms with Crippen LogP contribution in [-0.4, -0.2) is 58.0 Å². The van der Waals surface area contributed by atoms with E-state index in [4.69, 9.17) is 0 Å². The first-order valence-corrected chi connectivity index (χ1v) is 12.5. The van der Waals surface area contributed by atoms with Crippen molar-refractivity contribution in [2.45, 2.75) is 31.7 Å². The molecule has 228 valence electrons. The third kappa shape index (κ3) is 8.86. The Hall–Kier alpha value is -3.28. The zero-order valence-corrected chi connectivity index (χ0v) is 24.0. The van der Waals surface area contributed by atoms with E-state index in [1.807, 2.05) is 23.1 Å². The molecule has 1 aliphatic heterocycles. The Morgan fingerprint density at radius 1 is 1.00 bits per heavy atom. The van der Waals surface area contributed by atoms with Gasteiger partial charge in [-0.3, -0.25) is 14.7 Å². The number of benzene rings is 2. The van der Waals surface area contributed by atoms with Crippen LogP contribution in [0.1, 0.15) is 38.2 Å². The number of rotatable bonds is 6. The molecule has 1 aliphatic rings. The molecule has 0 saturated carbocycles. The van der Waals surface area contributed by atoms with E-state index in [1.165, 1.54) is 4.90 Å². The quantitative estimate of drug-likeness (QED) is 0.295. The maximum atomic E-state index is 13.5. The number of halogens is 8. The Morgan fingerprint density at radius 2 is 1.67 bits per heavy atom. The zero-order chi connectivity index (χ0) is 29.1. The molecule has 0 bridgehead atoms. The van der Waals surface area contributed by atoms with Gasteiger partial charge in [0.2, 0.25) is 0 Å². The van der Waals surface area contributed by atoms with Gasteiger partial charge in [0.05, 0.1) is 11.1 Å². The first kappa shape index (κ1) is 34.9. The predicted molar refractivity (Wildman–Crippen MR) is 152 cm³/mol. The monoisotopic (exact) mass is 635 g/mol. The van der Waals surface area contributed by atoms with Crippen molar-refractivity contribution in [3.05, 3.63) is 100 Å². The molecule has 2 heterocycles. The number of alkyl halides is 6. The lowest BCUT2D eigenvalue weighted by atomic mass is 9.98. The minimum atomic E-state index is -5.06. The smallest absolute Gasteiger partial charge is 0.416 e. The first-order valence-electron chi connectivity index (χ1n) is 12.5. The highest BCUT2D eigenvalue weighted by atomic mass is 35.5. The van der Waals surface area contributed by atoms with Gasteiger partial charge in [-0.2, -0.15) is 26.3 Å². The number of pyridine rings is 1. The number of aryl methyl sites for hydroxylation is 1. The van der Waals surface area contributed by atoms with Gasteiger partial charge < -0.3 is 10.0 Å². The van der Waals surface area contributed by atoms with E-state index >= 15 is 0 Å². The van der Waals surface area contributed by atoms with Crippen molar-refractivity contribution in [3.63, 3.8) is 0 Å². The maximum Gasteiger partial charge on any atom is 0.416 e. The number of hydrogen-bond donors (Lipinski definition) is 1. The van der Waals surface area contributed by atoms with E-state index in [-0.39, 0.29) is 49.6 Å². The Labute approximate surface area is 251 Å². The van der Waals surface area contributed by atoms with Crippen molar-refractivity contribution >= 4 is 36.8 Å². The number of carbonyl (C=O) groups excluding carboxylic acids is 1. The second-order valence-electron chi connectivity index (χ2n) is 9.72. The zero-order valence-electron chi connectivity index (χ0n) is 22.3. The van der Waals surface area contributed by atoms with E-state index < -0.39 is 41.0 Å². The lowest BCUT2D eigenvalue weighted by Gasteiger charge is -2.41. The molecule has 0 aliphatic carbocycles. The molecule has 2 aromatic carbocycles. The second kappa shape index (κ2) is 14.3. The molecule has 5 nitrogen and oxygen atoms in total. The minimum absolute atomic E-state index is 0. The summed E-state index contributed by atoms with van der Waals surface area (Å²) in [6, 6.07) is 9.08. The molecule has 1 amide bonds. The molecular weight excluding hydrogens is 607 g/mol. The fourth-order valence-electron chi connectivity index (χ4n) is 4.64. The molecule has 1 fully saturated rings. The van der Waals surface area contributed by atoms with Gasteiger partial charge in [0, 0.05) is 50.2 Å². The second-order valence-corrected chi connectivity index (χ2v) is 9.72. The number of phenols is 1. The van der Waals surface area contributed by atoms with Crippen LogP contribution in [0.4, 0.5) is 26.3 Å². The van der Waals surface area contributed by atoms with Crippen LogP contribution >= 0.6 is 24.8 Å². The summed E-state index contributed by atoms with van der Waals surface area (Å²) >= 11 is 0. The molecule has 0 radical (unpaired) electrons. The standard InChI is InChI=1S/C29H27F6N3O2.2ClH/c1-19-6-7-21(13-26(19)39)12-25-18-37(9-3-5-20-4-2-8-36-17-20)10-11-38(25)27(40)22-14-23(28(30,31)32)16-24(15-22)29(33,34)35;;/h2-8,13-17,25,39H,9-12,18H2,1H3;2*1H. The largest absolute Gasteiger partial charge is 0.508 e. The SMILES string of the molecule is Cc1ccc(CC2CN(CC=Cc3cccnc3)CCN2C(=O)c2cc(C(F)(F)F)cc(C(F)(F)F)c2)cc1O.Cl.Cl. The average Bonchev–Trinajstić information content (AvgIpc) is 2.90. The molecule has 1 aromatic heterocycles. The fourth-order valence-corrected chi connectivity index (χ4v) is 4.64. The van der Waals surface area contributed by atoms with Crippen molar-refractivity contribution in [1.82, 2.24) is 14.8 Å². The number of amides is 1. The van der Waals surface area contributed by atoms with Crippen LogP contribution in [-0.2, 0) is 18.8 Å². The molecule has 1 saturated heterocycles. The Bertz CT molecular complexity index is 1350. The molecule has 1 N–H and O–H groups in total. The van der Waals surface area contributed by atoms with Crippen LogP contribution in [0.5, 0.6) is 5.75 Å². The van der Waals surface area contributed by atoms with Crippen LogP contribution in [0, 0.1) is 6.92 Å². The van der Waals surface area contributed by atoms with Crippen LogP contribution in [0.2, 0.25) is 0 Å². The van der Waals surface area contributed by atoms with Gasteiger partial charge in [0.25, 0.3) is 5.91 Å². The van der Waals surface area contributed by atoms with Crippen LogP contribution < -0.4 is 0 Å². The number of aromatic nitrogens is 1. The summed E-state index contributed by atoms with van der Waals surface area (Å²) in [7, 11) is 0. The van der Waals surface area contributed by atoms with Gasteiger partial charge in [-0.1, -0.05) is 30.4 Å². The third-order valence-electron chi connectivity index (χ3n) is 6.77. The summed E-state index contributed by atoms with van der Waals surface area (Å²) in [6.45, 7) is 3.01. The number of hydrogen-bond acceptors (Lipinski definition) is 4. The summed E-state index contributed by atoms with van der Waals surface area (Å²) in [5.41, 5.74) is -1.53. The maximum absolute atomic E-state index is 13.5. The van der Waals surface area contributed by atoms with E-state index in [1.54, 1.807) is 43.6 Å². The van der Waals surface area contributed by atoms with E-state index in [2.05, 4.69) is 4.98 Å². The predicted octanol–water partition coefficient (Wildman–Crippen LogP) is 7.06. The molecule has 0 spiro atoms. The number of nitrogens with zero attached hydrogens (tertiary/aromatic N) is 3. The fraction of sp³-hybridized carbons (Fsp3) is 0.310. The normalized spacial score (nSPS) is 16.2. The van der Waals surface area contributed by atoms with Crippen molar-refractivity contribution in [3.8, 4) is 5.75 Å². The molecule has 3 aromatic rings. The molecule has 13 heteroatoms. The van der Waals surface area contributed by atoms with Gasteiger partial charge in [0.15, 0.2) is 0 Å². The lowest BCUT2D eigenvalue weighted by Crippen LogP contribution is -2.56. The average molecular weight is 636 g/mol. The highest BCUT2D eigenvalue weighted by molar-refractivity contribution is 5.95. The summed E-state index contributed by atoms with van der Waals surface area (Å²) in [5, 5.41) is 10.2. The van der Waals surface area contributed by atoms with Gasteiger partial charge in [-0.05, 0) is 60.4 Å². The van der Waals surface area contributed by atoms with Crippen molar-refractivity contribution in [2.24, 2.45) is 0 Å². The van der Waals surface area contributed by atoms with Gasteiger partial charge in [0.1, 0.15) is 5.75 Å². The summed E-state index contributed by atoms with van der Waals surface area (Å²) < 4.78 is 80.6. The van der Waals surface area contributed by atoms with Crippen LogP contribution in [0.3, 0.4) is 0 Å². The van der Waals surface area contributed by atoms with E-state index in [0.29, 0.717) is 42.9 Å². The summed E-state index contributed by atoms with van der Waals surface area (Å²) in [4.78, 5) is 20.9.